The highest BCUT2D eigenvalue weighted by atomic mass is 19.1. The minimum Gasteiger partial charge on any atom is -0.380 e. The zero-order valence-corrected chi connectivity index (χ0v) is 15.8. The van der Waals surface area contributed by atoms with Gasteiger partial charge in [0.25, 0.3) is 0 Å². The maximum Gasteiger partial charge on any atom is 0.191 e. The average Bonchev–Trinajstić information content (AvgIpc) is 3.15. The number of benzene rings is 1. The minimum absolute atomic E-state index is 0.187. The number of nitrogens with one attached hydrogen (secondary N) is 2. The molecule has 2 N–H and O–H groups in total. The van der Waals surface area contributed by atoms with E-state index < -0.39 is 0 Å². The highest BCUT2D eigenvalue weighted by molar-refractivity contribution is 5.80. The fourth-order valence-corrected chi connectivity index (χ4v) is 3.27. The number of rotatable bonds is 6. The smallest absolute Gasteiger partial charge is 0.191 e. The Morgan fingerprint density at radius 1 is 1.30 bits per heavy atom. The highest BCUT2D eigenvalue weighted by Gasteiger charge is 2.25. The lowest BCUT2D eigenvalue weighted by Gasteiger charge is -2.20. The molecule has 0 radical (unpaired) electrons. The summed E-state index contributed by atoms with van der Waals surface area (Å²) in [5.74, 6) is 0.865. The van der Waals surface area contributed by atoms with Crippen molar-refractivity contribution in [3.8, 4) is 0 Å². The molecular formula is C20H26FN5O. The van der Waals surface area contributed by atoms with Gasteiger partial charge in [-0.2, -0.15) is 0 Å². The van der Waals surface area contributed by atoms with E-state index >= 15 is 0 Å². The predicted octanol–water partition coefficient (Wildman–Crippen LogP) is 2.31. The van der Waals surface area contributed by atoms with Gasteiger partial charge in [0.05, 0.1) is 6.61 Å². The standard InChI is InChI=1S/C20H26FN5O/c1-22-20(24-12-15-6-3-4-7-16(15)14-27-2)25-17-9-11-26(13-17)19-18(21)8-5-10-23-19/h3-8,10,17H,9,11-14H2,1-2H3,(H2,22,24,25). The molecule has 0 spiro atoms. The highest BCUT2D eigenvalue weighted by Crippen LogP contribution is 2.20. The number of pyridine rings is 1. The third kappa shape index (κ3) is 4.95. The molecule has 0 bridgehead atoms. The van der Waals surface area contributed by atoms with Crippen molar-refractivity contribution < 1.29 is 9.13 Å². The molecule has 1 fully saturated rings. The van der Waals surface area contributed by atoms with E-state index in [2.05, 4.69) is 32.7 Å². The first kappa shape index (κ1) is 19.1. The molecule has 6 nitrogen and oxygen atoms in total. The first-order valence-corrected chi connectivity index (χ1v) is 9.09. The quantitative estimate of drug-likeness (QED) is 0.603. The second kappa shape index (κ2) is 9.32. The normalized spacial score (nSPS) is 17.2. The van der Waals surface area contributed by atoms with E-state index in [0.29, 0.717) is 25.5 Å². The zero-order chi connectivity index (χ0) is 19.1. The molecule has 1 saturated heterocycles. The Balaban J connectivity index is 1.55. The molecule has 1 aromatic heterocycles. The van der Waals surface area contributed by atoms with Crippen LogP contribution in [0.5, 0.6) is 0 Å². The van der Waals surface area contributed by atoms with Crippen LogP contribution in [0.1, 0.15) is 17.5 Å². The number of hydrogen-bond donors (Lipinski definition) is 2. The van der Waals surface area contributed by atoms with Crippen molar-refractivity contribution in [3.05, 3.63) is 59.5 Å². The van der Waals surface area contributed by atoms with Crippen molar-refractivity contribution in [2.24, 2.45) is 4.99 Å². The molecular weight excluding hydrogens is 345 g/mol. The van der Waals surface area contributed by atoms with Crippen molar-refractivity contribution in [1.29, 1.82) is 0 Å². The summed E-state index contributed by atoms with van der Waals surface area (Å²) in [6, 6.07) is 11.4. The van der Waals surface area contributed by atoms with Gasteiger partial charge in [0.1, 0.15) is 0 Å². The number of aromatic nitrogens is 1. The van der Waals surface area contributed by atoms with E-state index in [4.69, 9.17) is 4.74 Å². The molecule has 0 saturated carbocycles. The van der Waals surface area contributed by atoms with Crippen LogP contribution in [0, 0.1) is 5.82 Å². The predicted molar refractivity (Wildman–Crippen MR) is 105 cm³/mol. The van der Waals surface area contributed by atoms with Crippen LogP contribution >= 0.6 is 0 Å². The summed E-state index contributed by atoms with van der Waals surface area (Å²) in [5.41, 5.74) is 2.33. The van der Waals surface area contributed by atoms with Gasteiger partial charge < -0.3 is 20.3 Å². The Morgan fingerprint density at radius 2 is 2.11 bits per heavy atom. The van der Waals surface area contributed by atoms with Gasteiger partial charge in [-0.25, -0.2) is 9.37 Å². The Bertz CT molecular complexity index is 782. The summed E-state index contributed by atoms with van der Waals surface area (Å²) in [4.78, 5) is 10.4. The van der Waals surface area contributed by atoms with Crippen molar-refractivity contribution in [1.82, 2.24) is 15.6 Å². The van der Waals surface area contributed by atoms with E-state index in [1.807, 2.05) is 17.0 Å². The molecule has 144 valence electrons. The van der Waals surface area contributed by atoms with Crippen molar-refractivity contribution in [3.63, 3.8) is 0 Å². The Morgan fingerprint density at radius 3 is 2.85 bits per heavy atom. The van der Waals surface area contributed by atoms with Crippen molar-refractivity contribution >= 4 is 11.8 Å². The maximum atomic E-state index is 13.9. The molecule has 3 rings (SSSR count). The second-order valence-electron chi connectivity index (χ2n) is 6.51. The Labute approximate surface area is 159 Å². The van der Waals surface area contributed by atoms with Gasteiger partial charge in [0, 0.05) is 46.0 Å². The maximum absolute atomic E-state index is 13.9. The van der Waals surface area contributed by atoms with Gasteiger partial charge >= 0.3 is 0 Å². The van der Waals surface area contributed by atoms with Crippen LogP contribution < -0.4 is 15.5 Å². The summed E-state index contributed by atoms with van der Waals surface area (Å²) in [7, 11) is 3.45. The van der Waals surface area contributed by atoms with Gasteiger partial charge in [0.15, 0.2) is 17.6 Å². The summed E-state index contributed by atoms with van der Waals surface area (Å²) in [6.07, 6.45) is 2.52. The van der Waals surface area contributed by atoms with Gasteiger partial charge in [0.2, 0.25) is 0 Å². The number of hydrogen-bond acceptors (Lipinski definition) is 4. The lowest BCUT2D eigenvalue weighted by atomic mass is 10.1. The number of nitrogens with zero attached hydrogens (tertiary/aromatic N) is 3. The molecule has 1 aromatic carbocycles. The van der Waals surface area contributed by atoms with E-state index in [9.17, 15) is 4.39 Å². The van der Waals surface area contributed by atoms with E-state index in [0.717, 1.165) is 24.5 Å². The monoisotopic (exact) mass is 371 g/mol. The number of halogens is 1. The van der Waals surface area contributed by atoms with E-state index in [1.165, 1.54) is 11.6 Å². The van der Waals surface area contributed by atoms with Crippen LogP contribution in [-0.2, 0) is 17.9 Å². The summed E-state index contributed by atoms with van der Waals surface area (Å²) in [5, 5.41) is 6.77. The Hall–Kier alpha value is -2.67. The fraction of sp³-hybridized carbons (Fsp3) is 0.400. The molecule has 1 aliphatic rings. The van der Waals surface area contributed by atoms with Crippen LogP contribution in [0.4, 0.5) is 10.2 Å². The number of methoxy groups -OCH3 is 1. The van der Waals surface area contributed by atoms with Crippen molar-refractivity contribution in [2.45, 2.75) is 25.6 Å². The molecule has 1 aliphatic heterocycles. The van der Waals surface area contributed by atoms with Gasteiger partial charge in [-0.05, 0) is 29.7 Å². The second-order valence-corrected chi connectivity index (χ2v) is 6.51. The van der Waals surface area contributed by atoms with Crippen LogP contribution in [0.2, 0.25) is 0 Å². The summed E-state index contributed by atoms with van der Waals surface area (Å²) < 4.78 is 19.2. The number of guanidine groups is 1. The summed E-state index contributed by atoms with van der Waals surface area (Å²) in [6.45, 7) is 2.69. The number of ether oxygens (including phenoxy) is 1. The van der Waals surface area contributed by atoms with Gasteiger partial charge in [-0.3, -0.25) is 4.99 Å². The lowest BCUT2D eigenvalue weighted by molar-refractivity contribution is 0.184. The van der Waals surface area contributed by atoms with E-state index in [-0.39, 0.29) is 11.9 Å². The molecule has 27 heavy (non-hydrogen) atoms. The molecule has 7 heteroatoms. The summed E-state index contributed by atoms with van der Waals surface area (Å²) >= 11 is 0. The van der Waals surface area contributed by atoms with E-state index in [1.54, 1.807) is 26.4 Å². The molecule has 2 aromatic rings. The molecule has 1 atom stereocenters. The fourth-order valence-electron chi connectivity index (χ4n) is 3.27. The molecule has 0 amide bonds. The van der Waals surface area contributed by atoms with Crippen molar-refractivity contribution in [2.75, 3.05) is 32.1 Å². The Kier molecular flexibility index (Phi) is 6.59. The molecule has 1 unspecified atom stereocenters. The SMILES string of the molecule is CN=C(NCc1ccccc1COC)NC1CCN(c2ncccc2F)C1. The third-order valence-corrected chi connectivity index (χ3v) is 4.66. The zero-order valence-electron chi connectivity index (χ0n) is 15.8. The average molecular weight is 371 g/mol. The van der Waals surface area contributed by atoms with Gasteiger partial charge in [-0.15, -0.1) is 0 Å². The first-order valence-electron chi connectivity index (χ1n) is 9.09. The first-order chi connectivity index (χ1) is 13.2. The number of anilines is 1. The third-order valence-electron chi connectivity index (χ3n) is 4.66. The van der Waals surface area contributed by atoms with Crippen LogP contribution in [0.15, 0.2) is 47.6 Å². The molecule has 2 heterocycles. The van der Waals surface area contributed by atoms with Gasteiger partial charge in [-0.1, -0.05) is 24.3 Å². The largest absolute Gasteiger partial charge is 0.380 e. The number of aliphatic imine (C=N–C) groups is 1. The van der Waals surface area contributed by atoms with Crippen LogP contribution in [-0.4, -0.2) is 44.2 Å². The topological polar surface area (TPSA) is 61.8 Å². The lowest BCUT2D eigenvalue weighted by Crippen LogP contribution is -2.44. The molecule has 0 aliphatic carbocycles. The van der Waals surface area contributed by atoms with Crippen LogP contribution in [0.3, 0.4) is 0 Å². The minimum atomic E-state index is -0.282. The van der Waals surface area contributed by atoms with Crippen LogP contribution in [0.25, 0.3) is 0 Å².